The molecule has 1 amide bonds. The molecule has 0 aliphatic carbocycles. The number of aromatic nitrogens is 2. The largest absolute Gasteiger partial charge is 0.436 e. The van der Waals surface area contributed by atoms with Crippen molar-refractivity contribution in [3.05, 3.63) is 42.7 Å². The first-order valence-electron chi connectivity index (χ1n) is 6.51. The Morgan fingerprint density at radius 3 is 2.73 bits per heavy atom. The fourth-order valence-electron chi connectivity index (χ4n) is 1.95. The number of benzene rings is 1. The van der Waals surface area contributed by atoms with Crippen LogP contribution in [0.2, 0.25) is 0 Å². The lowest BCUT2D eigenvalue weighted by Gasteiger charge is -2.07. The summed E-state index contributed by atoms with van der Waals surface area (Å²) >= 11 is 5.02. The molecule has 0 atom stereocenters. The van der Waals surface area contributed by atoms with Gasteiger partial charge in [0.15, 0.2) is 10.7 Å². The van der Waals surface area contributed by atoms with Crippen molar-refractivity contribution >= 4 is 40.0 Å². The Hall–Kier alpha value is -2.80. The van der Waals surface area contributed by atoms with Crippen molar-refractivity contribution in [3.8, 4) is 11.5 Å². The van der Waals surface area contributed by atoms with E-state index in [9.17, 15) is 4.79 Å². The number of pyridine rings is 1. The van der Waals surface area contributed by atoms with Gasteiger partial charge in [-0.25, -0.2) is 4.98 Å². The first-order valence-corrected chi connectivity index (χ1v) is 6.92. The van der Waals surface area contributed by atoms with Gasteiger partial charge in [-0.2, -0.15) is 0 Å². The van der Waals surface area contributed by atoms with Crippen LogP contribution < -0.4 is 10.6 Å². The van der Waals surface area contributed by atoms with Gasteiger partial charge in [0.05, 0.1) is 0 Å². The molecule has 0 saturated carbocycles. The highest BCUT2D eigenvalue weighted by molar-refractivity contribution is 7.80. The number of fused-ring (bicyclic) bond motifs is 1. The molecule has 0 fully saturated rings. The van der Waals surface area contributed by atoms with Gasteiger partial charge >= 0.3 is 0 Å². The van der Waals surface area contributed by atoms with Gasteiger partial charge in [0.1, 0.15) is 5.52 Å². The number of carbonyl (C=O) groups is 1. The van der Waals surface area contributed by atoms with Gasteiger partial charge in [-0.05, 0) is 42.5 Å². The number of anilines is 1. The molecule has 1 aromatic carbocycles. The standard InChI is InChI=1S/C15H12N4O2S/c1-9(20)17-15(22)18-11-2-3-13-12(8-11)19-14(21-13)10-4-6-16-7-5-10/h2-8H,1H3,(H2,17,18,20,22). The highest BCUT2D eigenvalue weighted by Crippen LogP contribution is 2.25. The van der Waals surface area contributed by atoms with E-state index in [1.807, 2.05) is 12.1 Å². The zero-order chi connectivity index (χ0) is 15.5. The SMILES string of the molecule is CC(=O)NC(=S)Nc1ccc2oc(-c3ccncc3)nc2c1. The Bertz CT molecular complexity index is 845. The molecular weight excluding hydrogens is 300 g/mol. The van der Waals surface area contributed by atoms with Crippen LogP contribution in [0.4, 0.5) is 5.69 Å². The minimum atomic E-state index is -0.222. The molecule has 3 aromatic rings. The maximum atomic E-state index is 10.9. The van der Waals surface area contributed by atoms with Gasteiger partial charge in [0, 0.05) is 30.6 Å². The zero-order valence-corrected chi connectivity index (χ0v) is 12.5. The van der Waals surface area contributed by atoms with E-state index in [2.05, 4.69) is 20.6 Å². The normalized spacial score (nSPS) is 10.4. The zero-order valence-electron chi connectivity index (χ0n) is 11.7. The Kier molecular flexibility index (Phi) is 3.80. The molecule has 0 radical (unpaired) electrons. The summed E-state index contributed by atoms with van der Waals surface area (Å²) in [4.78, 5) is 19.4. The van der Waals surface area contributed by atoms with Crippen LogP contribution in [0, 0.1) is 0 Å². The summed E-state index contributed by atoms with van der Waals surface area (Å²) in [6.45, 7) is 1.40. The Morgan fingerprint density at radius 1 is 1.23 bits per heavy atom. The summed E-state index contributed by atoms with van der Waals surface area (Å²) in [6.07, 6.45) is 3.37. The van der Waals surface area contributed by atoms with E-state index < -0.39 is 0 Å². The molecule has 2 heterocycles. The number of carbonyl (C=O) groups excluding carboxylic acids is 1. The molecule has 0 unspecified atom stereocenters. The van der Waals surface area contributed by atoms with Crippen LogP contribution in [0.5, 0.6) is 0 Å². The minimum Gasteiger partial charge on any atom is -0.436 e. The van der Waals surface area contributed by atoms with Crippen molar-refractivity contribution in [1.82, 2.24) is 15.3 Å². The van der Waals surface area contributed by atoms with Crippen molar-refractivity contribution in [1.29, 1.82) is 0 Å². The molecule has 6 nitrogen and oxygen atoms in total. The van der Waals surface area contributed by atoms with Crippen molar-refractivity contribution in [2.75, 3.05) is 5.32 Å². The van der Waals surface area contributed by atoms with E-state index in [0.717, 1.165) is 11.3 Å². The van der Waals surface area contributed by atoms with E-state index in [4.69, 9.17) is 16.6 Å². The average Bonchev–Trinajstić information content (AvgIpc) is 2.90. The molecule has 2 N–H and O–H groups in total. The molecule has 2 aromatic heterocycles. The third kappa shape index (κ3) is 3.09. The van der Waals surface area contributed by atoms with E-state index in [0.29, 0.717) is 17.0 Å². The predicted molar refractivity (Wildman–Crippen MR) is 87.3 cm³/mol. The molecule has 0 aliphatic rings. The number of hydrogen-bond donors (Lipinski definition) is 2. The lowest BCUT2D eigenvalue weighted by atomic mass is 10.3. The van der Waals surface area contributed by atoms with Crippen molar-refractivity contribution < 1.29 is 9.21 Å². The number of hydrogen-bond acceptors (Lipinski definition) is 5. The van der Waals surface area contributed by atoms with Crippen LogP contribution in [0.3, 0.4) is 0 Å². The number of nitrogens with zero attached hydrogens (tertiary/aromatic N) is 2. The van der Waals surface area contributed by atoms with Crippen LogP contribution in [-0.4, -0.2) is 21.0 Å². The first kappa shape index (κ1) is 14.2. The summed E-state index contributed by atoms with van der Waals surface area (Å²) in [5.41, 5.74) is 2.94. The van der Waals surface area contributed by atoms with Crippen LogP contribution in [0.25, 0.3) is 22.6 Å². The lowest BCUT2D eigenvalue weighted by molar-refractivity contribution is -0.117. The maximum absolute atomic E-state index is 10.9. The summed E-state index contributed by atoms with van der Waals surface area (Å²) < 4.78 is 5.71. The van der Waals surface area contributed by atoms with Crippen LogP contribution in [-0.2, 0) is 4.79 Å². The Balaban J connectivity index is 1.87. The second kappa shape index (κ2) is 5.90. The molecule has 0 saturated heterocycles. The third-order valence-corrected chi connectivity index (χ3v) is 3.07. The summed E-state index contributed by atoms with van der Waals surface area (Å²) in [6, 6.07) is 9.06. The molecule has 7 heteroatoms. The van der Waals surface area contributed by atoms with E-state index in [-0.39, 0.29) is 11.0 Å². The predicted octanol–water partition coefficient (Wildman–Crippen LogP) is 2.72. The molecule has 0 spiro atoms. The number of amides is 1. The van der Waals surface area contributed by atoms with Crippen LogP contribution >= 0.6 is 12.2 Å². The molecular formula is C15H12N4O2S. The van der Waals surface area contributed by atoms with Gasteiger partial charge in [0.2, 0.25) is 11.8 Å². The molecule has 22 heavy (non-hydrogen) atoms. The monoisotopic (exact) mass is 312 g/mol. The number of nitrogens with one attached hydrogen (secondary N) is 2. The maximum Gasteiger partial charge on any atom is 0.227 e. The fourth-order valence-corrected chi connectivity index (χ4v) is 2.21. The Labute approximate surface area is 131 Å². The topological polar surface area (TPSA) is 80.0 Å². The molecule has 0 aliphatic heterocycles. The molecule has 3 rings (SSSR count). The van der Waals surface area contributed by atoms with Crippen molar-refractivity contribution in [2.45, 2.75) is 6.92 Å². The van der Waals surface area contributed by atoms with E-state index >= 15 is 0 Å². The van der Waals surface area contributed by atoms with E-state index in [1.165, 1.54) is 6.92 Å². The summed E-state index contributed by atoms with van der Waals surface area (Å²) in [5.74, 6) is 0.305. The lowest BCUT2D eigenvalue weighted by Crippen LogP contribution is -2.32. The third-order valence-electron chi connectivity index (χ3n) is 2.86. The number of oxazole rings is 1. The quantitative estimate of drug-likeness (QED) is 0.708. The first-order chi connectivity index (χ1) is 10.6. The molecule has 0 bridgehead atoms. The average molecular weight is 312 g/mol. The van der Waals surface area contributed by atoms with Crippen molar-refractivity contribution in [2.24, 2.45) is 0 Å². The van der Waals surface area contributed by atoms with Gasteiger partial charge in [0.25, 0.3) is 0 Å². The van der Waals surface area contributed by atoms with Gasteiger partial charge in [-0.15, -0.1) is 0 Å². The minimum absolute atomic E-state index is 0.222. The summed E-state index contributed by atoms with van der Waals surface area (Å²) in [7, 11) is 0. The number of rotatable bonds is 2. The Morgan fingerprint density at radius 2 is 2.00 bits per heavy atom. The second-order valence-electron chi connectivity index (χ2n) is 4.57. The van der Waals surface area contributed by atoms with Gasteiger partial charge in [-0.1, -0.05) is 0 Å². The van der Waals surface area contributed by atoms with Gasteiger partial charge in [-0.3, -0.25) is 9.78 Å². The van der Waals surface area contributed by atoms with E-state index in [1.54, 1.807) is 30.6 Å². The highest BCUT2D eigenvalue weighted by Gasteiger charge is 2.09. The smallest absolute Gasteiger partial charge is 0.227 e. The highest BCUT2D eigenvalue weighted by atomic mass is 32.1. The van der Waals surface area contributed by atoms with Crippen LogP contribution in [0.15, 0.2) is 47.1 Å². The second-order valence-corrected chi connectivity index (χ2v) is 4.98. The summed E-state index contributed by atoms with van der Waals surface area (Å²) in [5, 5.41) is 5.66. The number of thiocarbonyl (C=S) groups is 1. The fraction of sp³-hybridized carbons (Fsp3) is 0.0667. The van der Waals surface area contributed by atoms with Crippen LogP contribution in [0.1, 0.15) is 6.92 Å². The molecule has 110 valence electrons. The van der Waals surface area contributed by atoms with Crippen molar-refractivity contribution in [3.63, 3.8) is 0 Å². The van der Waals surface area contributed by atoms with Gasteiger partial charge < -0.3 is 15.1 Å².